The summed E-state index contributed by atoms with van der Waals surface area (Å²) in [5.41, 5.74) is 2.77. The summed E-state index contributed by atoms with van der Waals surface area (Å²) in [6.07, 6.45) is 4.81. The van der Waals surface area contributed by atoms with E-state index in [-0.39, 0.29) is 11.8 Å². The summed E-state index contributed by atoms with van der Waals surface area (Å²) >= 11 is 0. The van der Waals surface area contributed by atoms with Gasteiger partial charge in [-0.25, -0.2) is 4.79 Å². The second-order valence-corrected chi connectivity index (χ2v) is 6.78. The van der Waals surface area contributed by atoms with Gasteiger partial charge in [-0.05, 0) is 48.3 Å². The SMILES string of the molecule is Cn1c(=O)n(C)c2cc(C(O)C3C4CCCCC43)ccc21. The third-order valence-corrected chi connectivity index (χ3v) is 5.72. The molecule has 2 aliphatic rings. The van der Waals surface area contributed by atoms with E-state index in [2.05, 4.69) is 0 Å². The minimum atomic E-state index is -0.377. The fourth-order valence-electron chi connectivity index (χ4n) is 4.45. The van der Waals surface area contributed by atoms with E-state index in [4.69, 9.17) is 0 Å². The van der Waals surface area contributed by atoms with Crippen molar-refractivity contribution in [2.24, 2.45) is 31.8 Å². The Labute approximate surface area is 124 Å². The van der Waals surface area contributed by atoms with E-state index in [1.807, 2.05) is 18.2 Å². The molecule has 0 saturated heterocycles. The number of hydrogen-bond donors (Lipinski definition) is 1. The molecular formula is C17H22N2O2. The van der Waals surface area contributed by atoms with Crippen molar-refractivity contribution in [3.63, 3.8) is 0 Å². The van der Waals surface area contributed by atoms with Crippen LogP contribution < -0.4 is 5.69 Å². The van der Waals surface area contributed by atoms with Gasteiger partial charge in [0.1, 0.15) is 0 Å². The second kappa shape index (κ2) is 4.47. The average molecular weight is 286 g/mol. The summed E-state index contributed by atoms with van der Waals surface area (Å²) in [5, 5.41) is 10.7. The van der Waals surface area contributed by atoms with Crippen molar-refractivity contribution in [1.29, 1.82) is 0 Å². The van der Waals surface area contributed by atoms with Gasteiger partial charge in [-0.3, -0.25) is 9.13 Å². The predicted octanol–water partition coefficient (Wildman–Crippen LogP) is 2.35. The molecule has 0 radical (unpaired) electrons. The molecule has 4 rings (SSSR count). The second-order valence-electron chi connectivity index (χ2n) is 6.78. The lowest BCUT2D eigenvalue weighted by Crippen LogP contribution is -2.19. The quantitative estimate of drug-likeness (QED) is 0.921. The zero-order valence-electron chi connectivity index (χ0n) is 12.6. The minimum Gasteiger partial charge on any atom is -0.388 e. The highest BCUT2D eigenvalue weighted by Crippen LogP contribution is 2.60. The van der Waals surface area contributed by atoms with Crippen LogP contribution in [0.25, 0.3) is 11.0 Å². The molecule has 3 unspecified atom stereocenters. The number of aryl methyl sites for hydroxylation is 2. The van der Waals surface area contributed by atoms with Crippen LogP contribution in [-0.4, -0.2) is 14.2 Å². The maximum atomic E-state index is 12.0. The lowest BCUT2D eigenvalue weighted by Gasteiger charge is -2.11. The van der Waals surface area contributed by atoms with Crippen molar-refractivity contribution >= 4 is 11.0 Å². The highest BCUT2D eigenvalue weighted by Gasteiger charge is 2.54. The van der Waals surface area contributed by atoms with E-state index in [1.54, 1.807) is 23.2 Å². The van der Waals surface area contributed by atoms with Crippen LogP contribution in [0.15, 0.2) is 23.0 Å². The third kappa shape index (κ3) is 1.81. The number of imidazole rings is 1. The Kier molecular flexibility index (Phi) is 2.80. The van der Waals surface area contributed by atoms with Gasteiger partial charge < -0.3 is 5.11 Å². The molecule has 3 atom stereocenters. The van der Waals surface area contributed by atoms with Crippen LogP contribution in [-0.2, 0) is 14.1 Å². The maximum Gasteiger partial charge on any atom is 0.328 e. The normalized spacial score (nSPS) is 29.4. The van der Waals surface area contributed by atoms with Crippen LogP contribution in [0, 0.1) is 17.8 Å². The summed E-state index contributed by atoms with van der Waals surface area (Å²) in [4.78, 5) is 12.0. The monoisotopic (exact) mass is 286 g/mol. The van der Waals surface area contributed by atoms with Crippen LogP contribution in [0.2, 0.25) is 0 Å². The topological polar surface area (TPSA) is 47.2 Å². The summed E-state index contributed by atoms with van der Waals surface area (Å²) in [5.74, 6) is 1.89. The molecule has 2 fully saturated rings. The Morgan fingerprint density at radius 3 is 2.38 bits per heavy atom. The molecule has 4 heteroatoms. The molecule has 0 spiro atoms. The Bertz CT molecular complexity index is 746. The van der Waals surface area contributed by atoms with Crippen molar-refractivity contribution in [1.82, 2.24) is 9.13 Å². The van der Waals surface area contributed by atoms with Gasteiger partial charge in [-0.1, -0.05) is 18.9 Å². The lowest BCUT2D eigenvalue weighted by atomic mass is 10.0. The molecule has 21 heavy (non-hydrogen) atoms. The standard InChI is InChI=1S/C17H22N2O2/c1-18-13-8-7-10(9-14(13)19(2)17(18)21)16(20)15-11-5-3-4-6-12(11)15/h7-9,11-12,15-16,20H,3-6H2,1-2H3. The maximum absolute atomic E-state index is 12.0. The van der Waals surface area contributed by atoms with Gasteiger partial charge in [-0.2, -0.15) is 0 Å². The van der Waals surface area contributed by atoms with E-state index < -0.39 is 0 Å². The predicted molar refractivity (Wildman–Crippen MR) is 82.1 cm³/mol. The molecule has 0 bridgehead atoms. The van der Waals surface area contributed by atoms with Crippen LogP contribution in [0.3, 0.4) is 0 Å². The Morgan fingerprint density at radius 1 is 1.10 bits per heavy atom. The molecular weight excluding hydrogens is 264 g/mol. The van der Waals surface area contributed by atoms with E-state index in [0.29, 0.717) is 5.92 Å². The molecule has 1 N–H and O–H groups in total. The van der Waals surface area contributed by atoms with Gasteiger partial charge >= 0.3 is 5.69 Å². The molecule has 2 aliphatic carbocycles. The number of aromatic nitrogens is 2. The smallest absolute Gasteiger partial charge is 0.328 e. The fourth-order valence-corrected chi connectivity index (χ4v) is 4.45. The van der Waals surface area contributed by atoms with E-state index in [9.17, 15) is 9.90 Å². The van der Waals surface area contributed by atoms with Crippen LogP contribution in [0.4, 0.5) is 0 Å². The molecule has 2 aromatic rings. The highest BCUT2D eigenvalue weighted by atomic mass is 16.3. The Morgan fingerprint density at radius 2 is 1.71 bits per heavy atom. The number of benzene rings is 1. The first-order chi connectivity index (χ1) is 10.1. The zero-order chi connectivity index (χ0) is 14.7. The van der Waals surface area contributed by atoms with Gasteiger partial charge in [0.25, 0.3) is 0 Å². The summed E-state index contributed by atoms with van der Waals surface area (Å²) in [6, 6.07) is 5.93. The molecule has 1 aromatic carbocycles. The minimum absolute atomic E-state index is 0.0169. The fraction of sp³-hybridized carbons (Fsp3) is 0.588. The van der Waals surface area contributed by atoms with Crippen molar-refractivity contribution in [3.05, 3.63) is 34.2 Å². The third-order valence-electron chi connectivity index (χ3n) is 5.72. The van der Waals surface area contributed by atoms with Gasteiger partial charge in [0.05, 0.1) is 17.1 Å². The van der Waals surface area contributed by atoms with Crippen molar-refractivity contribution in [2.75, 3.05) is 0 Å². The van der Waals surface area contributed by atoms with Crippen LogP contribution >= 0.6 is 0 Å². The van der Waals surface area contributed by atoms with E-state index >= 15 is 0 Å². The molecule has 0 aliphatic heterocycles. The molecule has 0 amide bonds. The lowest BCUT2D eigenvalue weighted by molar-refractivity contribution is 0.142. The Balaban J connectivity index is 1.71. The average Bonchev–Trinajstić information content (AvgIpc) is 3.21. The van der Waals surface area contributed by atoms with E-state index in [1.165, 1.54) is 25.7 Å². The number of rotatable bonds is 2. The first-order valence-electron chi connectivity index (χ1n) is 7.93. The zero-order valence-corrected chi connectivity index (χ0v) is 12.6. The van der Waals surface area contributed by atoms with Gasteiger partial charge in [0.15, 0.2) is 0 Å². The molecule has 1 heterocycles. The van der Waals surface area contributed by atoms with Gasteiger partial charge in [0.2, 0.25) is 0 Å². The first kappa shape index (κ1) is 13.1. The number of hydrogen-bond acceptors (Lipinski definition) is 2. The molecule has 4 nitrogen and oxygen atoms in total. The number of aliphatic hydroxyl groups is 1. The molecule has 2 saturated carbocycles. The molecule has 1 aromatic heterocycles. The van der Waals surface area contributed by atoms with Crippen molar-refractivity contribution in [3.8, 4) is 0 Å². The first-order valence-corrected chi connectivity index (χ1v) is 7.93. The van der Waals surface area contributed by atoms with Gasteiger partial charge in [-0.15, -0.1) is 0 Å². The summed E-state index contributed by atoms with van der Waals surface area (Å²) < 4.78 is 3.31. The number of nitrogens with zero attached hydrogens (tertiary/aromatic N) is 2. The number of aliphatic hydroxyl groups excluding tert-OH is 1. The van der Waals surface area contributed by atoms with Crippen LogP contribution in [0.5, 0.6) is 0 Å². The Hall–Kier alpha value is -1.55. The summed E-state index contributed by atoms with van der Waals surface area (Å²) in [7, 11) is 3.58. The number of fused-ring (bicyclic) bond motifs is 2. The van der Waals surface area contributed by atoms with Crippen molar-refractivity contribution in [2.45, 2.75) is 31.8 Å². The van der Waals surface area contributed by atoms with E-state index in [0.717, 1.165) is 28.4 Å². The van der Waals surface area contributed by atoms with Crippen molar-refractivity contribution < 1.29 is 5.11 Å². The highest BCUT2D eigenvalue weighted by molar-refractivity contribution is 5.77. The van der Waals surface area contributed by atoms with Crippen LogP contribution in [0.1, 0.15) is 37.4 Å². The summed E-state index contributed by atoms with van der Waals surface area (Å²) in [6.45, 7) is 0. The molecule has 112 valence electrons. The largest absolute Gasteiger partial charge is 0.388 e. The van der Waals surface area contributed by atoms with Gasteiger partial charge in [0, 0.05) is 14.1 Å².